The third-order valence-electron chi connectivity index (χ3n) is 3.70. The number of nitrogens with two attached hydrogens (primary N) is 1. The number of hydrogen-bond acceptors (Lipinski definition) is 2. The second-order valence-electron chi connectivity index (χ2n) is 5.17. The summed E-state index contributed by atoms with van der Waals surface area (Å²) in [6, 6.07) is 13.7. The molecule has 0 aliphatic heterocycles. The van der Waals surface area contributed by atoms with Crippen LogP contribution in [0.3, 0.4) is 0 Å². The fraction of sp³-hybridized carbons (Fsp3) is 0.294. The number of hydrogen-bond donors (Lipinski definition) is 2. The molecule has 106 valence electrons. The number of rotatable bonds is 4. The SMILES string of the molecule is Cc1ccc(C(O)C(CN)c2ccccc2C)c(Cl)c1. The molecule has 2 aromatic rings. The highest BCUT2D eigenvalue weighted by Gasteiger charge is 2.24. The lowest BCUT2D eigenvalue weighted by Gasteiger charge is -2.24. The molecule has 0 radical (unpaired) electrons. The fourth-order valence-corrected chi connectivity index (χ4v) is 2.86. The first-order valence-electron chi connectivity index (χ1n) is 6.74. The number of benzene rings is 2. The van der Waals surface area contributed by atoms with Crippen molar-refractivity contribution in [2.45, 2.75) is 25.9 Å². The first kappa shape index (κ1) is 15.0. The molecule has 0 heterocycles. The van der Waals surface area contributed by atoms with Crippen molar-refractivity contribution in [1.29, 1.82) is 0 Å². The van der Waals surface area contributed by atoms with E-state index in [2.05, 4.69) is 0 Å². The topological polar surface area (TPSA) is 46.2 Å². The van der Waals surface area contributed by atoms with Crippen LogP contribution in [0.1, 0.15) is 34.3 Å². The van der Waals surface area contributed by atoms with Gasteiger partial charge in [-0.25, -0.2) is 0 Å². The Morgan fingerprint density at radius 1 is 1.10 bits per heavy atom. The molecule has 2 rings (SSSR count). The van der Waals surface area contributed by atoms with E-state index in [1.807, 2.05) is 56.3 Å². The highest BCUT2D eigenvalue weighted by Crippen LogP contribution is 2.35. The van der Waals surface area contributed by atoms with E-state index in [9.17, 15) is 5.11 Å². The summed E-state index contributed by atoms with van der Waals surface area (Å²) in [4.78, 5) is 0. The van der Waals surface area contributed by atoms with Crippen LogP contribution in [0.2, 0.25) is 5.02 Å². The van der Waals surface area contributed by atoms with Crippen molar-refractivity contribution in [2.75, 3.05) is 6.54 Å². The molecule has 3 N–H and O–H groups in total. The standard InChI is InChI=1S/C17H20ClNO/c1-11-7-8-14(16(18)9-11)17(20)15(10-19)13-6-4-3-5-12(13)2/h3-9,15,17,20H,10,19H2,1-2H3. The Kier molecular flexibility index (Phi) is 4.81. The van der Waals surface area contributed by atoms with Crippen LogP contribution in [-0.4, -0.2) is 11.7 Å². The summed E-state index contributed by atoms with van der Waals surface area (Å²) in [7, 11) is 0. The molecular weight excluding hydrogens is 270 g/mol. The lowest BCUT2D eigenvalue weighted by atomic mass is 9.86. The van der Waals surface area contributed by atoms with E-state index in [0.29, 0.717) is 11.6 Å². The van der Waals surface area contributed by atoms with Gasteiger partial charge in [0.1, 0.15) is 0 Å². The molecule has 0 bridgehead atoms. The van der Waals surface area contributed by atoms with E-state index < -0.39 is 6.10 Å². The molecule has 0 spiro atoms. The van der Waals surface area contributed by atoms with E-state index >= 15 is 0 Å². The van der Waals surface area contributed by atoms with Crippen LogP contribution >= 0.6 is 11.6 Å². The molecule has 2 aromatic carbocycles. The van der Waals surface area contributed by atoms with Crippen LogP contribution in [-0.2, 0) is 0 Å². The van der Waals surface area contributed by atoms with Gasteiger partial charge in [0.25, 0.3) is 0 Å². The lowest BCUT2D eigenvalue weighted by Crippen LogP contribution is -2.21. The van der Waals surface area contributed by atoms with Gasteiger partial charge in [0.2, 0.25) is 0 Å². The minimum absolute atomic E-state index is 0.156. The van der Waals surface area contributed by atoms with Crippen molar-refractivity contribution in [3.05, 3.63) is 69.7 Å². The van der Waals surface area contributed by atoms with Gasteiger partial charge in [-0.1, -0.05) is 48.0 Å². The Balaban J connectivity index is 2.39. The third kappa shape index (κ3) is 3.04. The maximum absolute atomic E-state index is 10.7. The lowest BCUT2D eigenvalue weighted by molar-refractivity contribution is 0.147. The van der Waals surface area contributed by atoms with Gasteiger partial charge in [-0.05, 0) is 42.2 Å². The summed E-state index contributed by atoms with van der Waals surface area (Å²) in [5, 5.41) is 11.3. The zero-order chi connectivity index (χ0) is 14.7. The molecule has 2 nitrogen and oxygen atoms in total. The summed E-state index contributed by atoms with van der Waals surface area (Å²) in [5.41, 5.74) is 9.89. The molecule has 0 saturated carbocycles. The van der Waals surface area contributed by atoms with Crippen LogP contribution < -0.4 is 5.73 Å². The van der Waals surface area contributed by atoms with E-state index in [-0.39, 0.29) is 5.92 Å². The van der Waals surface area contributed by atoms with Crippen LogP contribution in [0, 0.1) is 13.8 Å². The molecular formula is C17H20ClNO. The van der Waals surface area contributed by atoms with E-state index in [0.717, 1.165) is 22.3 Å². The summed E-state index contributed by atoms with van der Waals surface area (Å²) in [5.74, 6) is -0.156. The summed E-state index contributed by atoms with van der Waals surface area (Å²) in [6.45, 7) is 4.38. The van der Waals surface area contributed by atoms with Gasteiger partial charge in [0.05, 0.1) is 6.10 Å². The first-order valence-corrected chi connectivity index (χ1v) is 7.12. The van der Waals surface area contributed by atoms with Crippen molar-refractivity contribution in [2.24, 2.45) is 5.73 Å². The third-order valence-corrected chi connectivity index (χ3v) is 4.02. The maximum atomic E-state index is 10.7. The number of aliphatic hydroxyl groups is 1. The van der Waals surface area contributed by atoms with Gasteiger partial charge in [-0.3, -0.25) is 0 Å². The Hall–Kier alpha value is -1.35. The van der Waals surface area contributed by atoms with Crippen molar-refractivity contribution in [3.63, 3.8) is 0 Å². The molecule has 0 saturated heterocycles. The second-order valence-corrected chi connectivity index (χ2v) is 5.58. The summed E-state index contributed by atoms with van der Waals surface area (Å²) < 4.78 is 0. The molecule has 0 aliphatic carbocycles. The highest BCUT2D eigenvalue weighted by atomic mass is 35.5. The smallest absolute Gasteiger partial charge is 0.0885 e. The van der Waals surface area contributed by atoms with E-state index in [1.165, 1.54) is 0 Å². The highest BCUT2D eigenvalue weighted by molar-refractivity contribution is 6.31. The van der Waals surface area contributed by atoms with Crippen molar-refractivity contribution < 1.29 is 5.11 Å². The maximum Gasteiger partial charge on any atom is 0.0885 e. The van der Waals surface area contributed by atoms with Gasteiger partial charge in [-0.15, -0.1) is 0 Å². The molecule has 0 amide bonds. The number of halogens is 1. The normalized spacial score (nSPS) is 14.1. The molecule has 0 aliphatic rings. The Labute approximate surface area is 125 Å². The summed E-state index contributed by atoms with van der Waals surface area (Å²) in [6.07, 6.45) is -0.700. The summed E-state index contributed by atoms with van der Waals surface area (Å²) >= 11 is 6.25. The zero-order valence-electron chi connectivity index (χ0n) is 11.8. The van der Waals surface area contributed by atoms with Crippen LogP contribution in [0.15, 0.2) is 42.5 Å². The Morgan fingerprint density at radius 2 is 1.80 bits per heavy atom. The molecule has 20 heavy (non-hydrogen) atoms. The average Bonchev–Trinajstić information content (AvgIpc) is 2.41. The second kappa shape index (κ2) is 6.40. The van der Waals surface area contributed by atoms with Crippen molar-refractivity contribution in [3.8, 4) is 0 Å². The van der Waals surface area contributed by atoms with Gasteiger partial charge < -0.3 is 10.8 Å². The van der Waals surface area contributed by atoms with Crippen LogP contribution in [0.5, 0.6) is 0 Å². The quantitative estimate of drug-likeness (QED) is 0.901. The van der Waals surface area contributed by atoms with Crippen molar-refractivity contribution in [1.82, 2.24) is 0 Å². The first-order chi connectivity index (χ1) is 9.54. The molecule has 0 fully saturated rings. The largest absolute Gasteiger partial charge is 0.388 e. The van der Waals surface area contributed by atoms with E-state index in [4.69, 9.17) is 17.3 Å². The molecule has 3 heteroatoms. The predicted octanol–water partition coefficient (Wildman–Crippen LogP) is 3.73. The van der Waals surface area contributed by atoms with Gasteiger partial charge in [0.15, 0.2) is 0 Å². The molecule has 2 atom stereocenters. The minimum Gasteiger partial charge on any atom is -0.388 e. The monoisotopic (exact) mass is 289 g/mol. The number of aryl methyl sites for hydroxylation is 2. The minimum atomic E-state index is -0.700. The van der Waals surface area contributed by atoms with Crippen LogP contribution in [0.4, 0.5) is 0 Å². The van der Waals surface area contributed by atoms with E-state index in [1.54, 1.807) is 0 Å². The number of aliphatic hydroxyl groups excluding tert-OH is 1. The van der Waals surface area contributed by atoms with Crippen molar-refractivity contribution >= 4 is 11.6 Å². The van der Waals surface area contributed by atoms with Gasteiger partial charge in [0, 0.05) is 17.5 Å². The predicted molar refractivity (Wildman–Crippen MR) is 84.1 cm³/mol. The Bertz CT molecular complexity index is 597. The molecule has 2 unspecified atom stereocenters. The molecule has 0 aromatic heterocycles. The van der Waals surface area contributed by atoms with Gasteiger partial charge in [-0.2, -0.15) is 0 Å². The fourth-order valence-electron chi connectivity index (χ4n) is 2.52. The van der Waals surface area contributed by atoms with Gasteiger partial charge >= 0.3 is 0 Å². The Morgan fingerprint density at radius 3 is 2.40 bits per heavy atom. The zero-order valence-corrected chi connectivity index (χ0v) is 12.6. The average molecular weight is 290 g/mol. The van der Waals surface area contributed by atoms with Crippen LogP contribution in [0.25, 0.3) is 0 Å².